The van der Waals surface area contributed by atoms with Crippen molar-refractivity contribution < 1.29 is 14.3 Å². The molecule has 16 heavy (non-hydrogen) atoms. The average Bonchev–Trinajstić information content (AvgIpc) is 2.64. The summed E-state index contributed by atoms with van der Waals surface area (Å²) in [5.41, 5.74) is 4.83. The molecule has 0 bridgehead atoms. The molecule has 5 nitrogen and oxygen atoms in total. The van der Waals surface area contributed by atoms with Crippen molar-refractivity contribution in [2.75, 3.05) is 13.1 Å². The maximum atomic E-state index is 11.6. The summed E-state index contributed by atoms with van der Waals surface area (Å²) in [4.78, 5) is 24.2. The molecule has 1 rings (SSSR count). The van der Waals surface area contributed by atoms with Gasteiger partial charge in [-0.25, -0.2) is 9.59 Å². The molecule has 2 unspecified atom stereocenters. The Morgan fingerprint density at radius 3 is 2.81 bits per heavy atom. The van der Waals surface area contributed by atoms with Gasteiger partial charge in [-0.15, -0.1) is 0 Å². The van der Waals surface area contributed by atoms with Gasteiger partial charge in [0, 0.05) is 6.54 Å². The van der Waals surface area contributed by atoms with Gasteiger partial charge in [0.25, 0.3) is 0 Å². The number of ether oxygens (including phenoxy) is 1. The molecular formula is C11H20N2O3. The van der Waals surface area contributed by atoms with Gasteiger partial charge < -0.3 is 10.5 Å². The second-order valence-electron chi connectivity index (χ2n) is 4.41. The van der Waals surface area contributed by atoms with Crippen molar-refractivity contribution >= 4 is 12.1 Å². The van der Waals surface area contributed by atoms with Crippen LogP contribution in [-0.4, -0.2) is 36.1 Å². The van der Waals surface area contributed by atoms with E-state index in [1.54, 1.807) is 0 Å². The van der Waals surface area contributed by atoms with Crippen LogP contribution in [0.3, 0.4) is 0 Å². The van der Waals surface area contributed by atoms with E-state index in [1.807, 2.05) is 0 Å². The number of rotatable bonds is 4. The summed E-state index contributed by atoms with van der Waals surface area (Å²) in [6.45, 7) is 6.03. The van der Waals surface area contributed by atoms with Crippen LogP contribution >= 0.6 is 0 Å². The smallest absolute Gasteiger partial charge is 0.375 e. The van der Waals surface area contributed by atoms with Crippen LogP contribution in [-0.2, 0) is 9.53 Å². The number of amides is 1. The Balaban J connectivity index is 2.51. The van der Waals surface area contributed by atoms with Gasteiger partial charge in [-0.3, -0.25) is 4.90 Å². The van der Waals surface area contributed by atoms with Crippen LogP contribution in [0, 0.1) is 5.92 Å². The quantitative estimate of drug-likeness (QED) is 0.578. The molecule has 1 fully saturated rings. The first kappa shape index (κ1) is 13.0. The van der Waals surface area contributed by atoms with Gasteiger partial charge in [-0.1, -0.05) is 20.3 Å². The Bertz CT molecular complexity index is 268. The van der Waals surface area contributed by atoms with Gasteiger partial charge in [0.2, 0.25) is 0 Å². The lowest BCUT2D eigenvalue weighted by Crippen LogP contribution is -2.41. The van der Waals surface area contributed by atoms with E-state index in [2.05, 4.69) is 23.5 Å². The van der Waals surface area contributed by atoms with Crippen LogP contribution in [0.15, 0.2) is 0 Å². The van der Waals surface area contributed by atoms with Crippen molar-refractivity contribution in [2.24, 2.45) is 11.7 Å². The van der Waals surface area contributed by atoms with Gasteiger partial charge in [0.1, 0.15) is 6.04 Å². The van der Waals surface area contributed by atoms with Crippen LogP contribution in [0.25, 0.3) is 0 Å². The Morgan fingerprint density at radius 2 is 2.25 bits per heavy atom. The minimum atomic E-state index is -1.01. The molecule has 1 aliphatic rings. The molecule has 0 aromatic carbocycles. The minimum absolute atomic E-state index is 0.290. The maximum Gasteiger partial charge on any atom is 0.412 e. The summed E-state index contributed by atoms with van der Waals surface area (Å²) in [7, 11) is 0. The fourth-order valence-electron chi connectivity index (χ4n) is 2.01. The summed E-state index contributed by atoms with van der Waals surface area (Å²) in [5.74, 6) is 0.0373. The molecule has 1 saturated heterocycles. The zero-order valence-electron chi connectivity index (χ0n) is 9.94. The van der Waals surface area contributed by atoms with E-state index >= 15 is 0 Å². The predicted molar refractivity (Wildman–Crippen MR) is 59.7 cm³/mol. The van der Waals surface area contributed by atoms with E-state index < -0.39 is 12.1 Å². The molecule has 1 heterocycles. The molecule has 1 amide bonds. The summed E-state index contributed by atoms with van der Waals surface area (Å²) < 4.78 is 4.44. The van der Waals surface area contributed by atoms with E-state index in [0.29, 0.717) is 5.92 Å². The fraction of sp³-hybridized carbons (Fsp3) is 0.818. The highest BCUT2D eigenvalue weighted by Gasteiger charge is 2.33. The molecule has 0 saturated carbocycles. The van der Waals surface area contributed by atoms with Crippen molar-refractivity contribution in [1.29, 1.82) is 0 Å². The van der Waals surface area contributed by atoms with Crippen LogP contribution in [0.1, 0.15) is 33.1 Å². The number of carbonyl (C=O) groups is 2. The number of esters is 1. The molecule has 2 atom stereocenters. The number of likely N-dealkylation sites (tertiary alicyclic amines) is 1. The highest BCUT2D eigenvalue weighted by Crippen LogP contribution is 2.20. The van der Waals surface area contributed by atoms with Gasteiger partial charge in [0.15, 0.2) is 0 Å². The van der Waals surface area contributed by atoms with E-state index in [-0.39, 0.29) is 6.04 Å². The molecule has 0 spiro atoms. The largest absolute Gasteiger partial charge is 0.412 e. The van der Waals surface area contributed by atoms with Crippen LogP contribution in [0.4, 0.5) is 4.79 Å². The van der Waals surface area contributed by atoms with Gasteiger partial charge in [0.05, 0.1) is 0 Å². The third-order valence-corrected chi connectivity index (χ3v) is 3.08. The topological polar surface area (TPSA) is 72.6 Å². The lowest BCUT2D eigenvalue weighted by molar-refractivity contribution is -0.142. The first-order chi connectivity index (χ1) is 7.54. The Hall–Kier alpha value is -1.10. The van der Waals surface area contributed by atoms with E-state index in [1.165, 1.54) is 0 Å². The van der Waals surface area contributed by atoms with Gasteiger partial charge >= 0.3 is 12.1 Å². The third kappa shape index (κ3) is 3.48. The van der Waals surface area contributed by atoms with E-state index in [4.69, 9.17) is 5.73 Å². The molecule has 5 heteroatoms. The van der Waals surface area contributed by atoms with Crippen molar-refractivity contribution in [3.8, 4) is 0 Å². The molecular weight excluding hydrogens is 208 g/mol. The van der Waals surface area contributed by atoms with Crippen LogP contribution in [0.2, 0.25) is 0 Å². The molecule has 0 aromatic rings. The van der Waals surface area contributed by atoms with E-state index in [9.17, 15) is 9.59 Å². The lowest BCUT2D eigenvalue weighted by Gasteiger charge is -2.24. The normalized spacial score (nSPS) is 23.0. The van der Waals surface area contributed by atoms with Crippen molar-refractivity contribution in [3.63, 3.8) is 0 Å². The summed E-state index contributed by atoms with van der Waals surface area (Å²) in [6, 6.07) is -0.290. The number of nitrogens with zero attached hydrogens (tertiary/aromatic N) is 1. The van der Waals surface area contributed by atoms with Crippen LogP contribution < -0.4 is 5.73 Å². The highest BCUT2D eigenvalue weighted by molar-refractivity contribution is 5.87. The number of hydrogen-bond donors (Lipinski definition) is 1. The molecule has 92 valence electrons. The van der Waals surface area contributed by atoms with Crippen molar-refractivity contribution in [3.05, 3.63) is 0 Å². The Morgan fingerprint density at radius 1 is 1.56 bits per heavy atom. The maximum absolute atomic E-state index is 11.6. The molecule has 2 N–H and O–H groups in total. The summed E-state index contributed by atoms with van der Waals surface area (Å²) in [6.07, 6.45) is 1.78. The highest BCUT2D eigenvalue weighted by atomic mass is 16.6. The van der Waals surface area contributed by atoms with E-state index in [0.717, 1.165) is 32.4 Å². The fourth-order valence-corrected chi connectivity index (χ4v) is 2.01. The molecule has 1 aliphatic heterocycles. The monoisotopic (exact) mass is 228 g/mol. The van der Waals surface area contributed by atoms with Gasteiger partial charge in [-0.2, -0.15) is 0 Å². The molecule has 0 aliphatic carbocycles. The molecule has 0 radical (unpaired) electrons. The second-order valence-corrected chi connectivity index (χ2v) is 4.41. The van der Waals surface area contributed by atoms with Crippen molar-refractivity contribution in [2.45, 2.75) is 39.2 Å². The zero-order valence-corrected chi connectivity index (χ0v) is 9.94. The summed E-state index contributed by atoms with van der Waals surface area (Å²) >= 11 is 0. The zero-order chi connectivity index (χ0) is 12.1. The van der Waals surface area contributed by atoms with Gasteiger partial charge in [-0.05, 0) is 25.3 Å². The van der Waals surface area contributed by atoms with Crippen molar-refractivity contribution in [1.82, 2.24) is 4.90 Å². The Kier molecular flexibility index (Phi) is 4.73. The number of nitrogens with two attached hydrogens (primary N) is 1. The SMILES string of the molecule is CCC(C)CN1CCCC1C(=O)OC(N)=O. The Labute approximate surface area is 95.9 Å². The first-order valence-corrected chi connectivity index (χ1v) is 5.79. The lowest BCUT2D eigenvalue weighted by atomic mass is 10.1. The predicted octanol–water partition coefficient (Wildman–Crippen LogP) is 1.12. The minimum Gasteiger partial charge on any atom is -0.375 e. The second kappa shape index (κ2) is 5.84. The third-order valence-electron chi connectivity index (χ3n) is 3.08. The number of primary amides is 1. The standard InChI is InChI=1S/C11H20N2O3/c1-3-8(2)7-13-6-4-5-9(13)10(14)16-11(12)15/h8-9H,3-7H2,1-2H3,(H2,12,15). The average molecular weight is 228 g/mol. The molecule has 0 aromatic heterocycles. The number of carbonyl (C=O) groups excluding carboxylic acids is 2. The number of hydrogen-bond acceptors (Lipinski definition) is 4. The first-order valence-electron chi connectivity index (χ1n) is 5.79. The van der Waals surface area contributed by atoms with Crippen LogP contribution in [0.5, 0.6) is 0 Å². The summed E-state index contributed by atoms with van der Waals surface area (Å²) in [5, 5.41) is 0.